The number of rotatable bonds is 4. The highest BCUT2D eigenvalue weighted by molar-refractivity contribution is 5.91. The van der Waals surface area contributed by atoms with Gasteiger partial charge in [0.1, 0.15) is 25.3 Å². The van der Waals surface area contributed by atoms with E-state index in [-0.39, 0.29) is 18.1 Å². The lowest BCUT2D eigenvalue weighted by molar-refractivity contribution is -0.907. The van der Waals surface area contributed by atoms with E-state index in [1.54, 1.807) is 0 Å². The number of anilines is 1. The molecule has 1 amide bonds. The molecule has 0 aromatic heterocycles. The zero-order chi connectivity index (χ0) is 15.4. The van der Waals surface area contributed by atoms with Gasteiger partial charge in [-0.05, 0) is 37.5 Å². The van der Waals surface area contributed by atoms with Crippen LogP contribution >= 0.6 is 0 Å². The molecule has 2 rings (SSSR count). The van der Waals surface area contributed by atoms with Gasteiger partial charge in [-0.3, -0.25) is 4.79 Å². The van der Waals surface area contributed by atoms with Gasteiger partial charge in [-0.25, -0.2) is 0 Å². The Bertz CT molecular complexity index is 460. The highest BCUT2D eigenvalue weighted by atomic mass is 16.5. The molecule has 1 aromatic carbocycles. The largest absolute Gasteiger partial charge is 0.364 e. The molecule has 1 aliphatic rings. The van der Waals surface area contributed by atoms with Crippen LogP contribution in [0.25, 0.3) is 0 Å². The fraction of sp³-hybridized carbons (Fsp3) is 0.588. The molecule has 21 heavy (non-hydrogen) atoms. The van der Waals surface area contributed by atoms with Gasteiger partial charge in [-0.15, -0.1) is 0 Å². The summed E-state index contributed by atoms with van der Waals surface area (Å²) in [5, 5.41) is 2.98. The molecule has 4 heteroatoms. The molecule has 0 radical (unpaired) electrons. The van der Waals surface area contributed by atoms with Gasteiger partial charge in [0.15, 0.2) is 6.54 Å². The van der Waals surface area contributed by atoms with E-state index >= 15 is 0 Å². The number of hydrogen-bond donors (Lipinski definition) is 2. The predicted octanol–water partition coefficient (Wildman–Crippen LogP) is 1.44. The number of amides is 1. The number of ether oxygens (including phenoxy) is 1. The maximum atomic E-state index is 12.1. The van der Waals surface area contributed by atoms with Crippen molar-refractivity contribution in [1.82, 2.24) is 0 Å². The lowest BCUT2D eigenvalue weighted by Crippen LogP contribution is -3.16. The molecule has 2 N–H and O–H groups in total. The first-order valence-electron chi connectivity index (χ1n) is 7.83. The molecule has 1 aliphatic heterocycles. The molecule has 116 valence electrons. The number of benzene rings is 1. The van der Waals surface area contributed by atoms with E-state index in [1.807, 2.05) is 12.1 Å². The van der Waals surface area contributed by atoms with Crippen LogP contribution in [0.2, 0.25) is 0 Å². The Morgan fingerprint density at radius 3 is 2.33 bits per heavy atom. The fourth-order valence-corrected chi connectivity index (χ4v) is 2.92. The second-order valence-corrected chi connectivity index (χ2v) is 6.42. The standard InChI is InChI=1S/C17H26N2O2/c1-12(2)15-5-7-16(8-6-15)18-17(20)11-19-9-13(3)21-14(4)10-19/h5-8,12-14H,9-11H2,1-4H3,(H,18,20)/p+1/t13-,14-/m0/s1. The summed E-state index contributed by atoms with van der Waals surface area (Å²) >= 11 is 0. The number of carbonyl (C=O) groups excluding carboxylic acids is 1. The molecule has 0 saturated carbocycles. The quantitative estimate of drug-likeness (QED) is 0.881. The van der Waals surface area contributed by atoms with Gasteiger partial charge in [-0.1, -0.05) is 26.0 Å². The van der Waals surface area contributed by atoms with Crippen molar-refractivity contribution in [2.24, 2.45) is 0 Å². The first kappa shape index (κ1) is 16.0. The summed E-state index contributed by atoms with van der Waals surface area (Å²) in [6.45, 7) is 10.8. The third kappa shape index (κ3) is 4.83. The van der Waals surface area contributed by atoms with E-state index in [4.69, 9.17) is 4.74 Å². The second-order valence-electron chi connectivity index (χ2n) is 6.42. The Balaban J connectivity index is 1.86. The van der Waals surface area contributed by atoms with E-state index in [0.717, 1.165) is 18.8 Å². The van der Waals surface area contributed by atoms with Gasteiger partial charge in [0.25, 0.3) is 5.91 Å². The molecule has 1 fully saturated rings. The van der Waals surface area contributed by atoms with Gasteiger partial charge in [0.2, 0.25) is 0 Å². The maximum Gasteiger partial charge on any atom is 0.279 e. The Morgan fingerprint density at radius 2 is 1.81 bits per heavy atom. The van der Waals surface area contributed by atoms with Crippen molar-refractivity contribution in [3.8, 4) is 0 Å². The summed E-state index contributed by atoms with van der Waals surface area (Å²) in [6.07, 6.45) is 0.448. The van der Waals surface area contributed by atoms with Crippen LogP contribution in [0.5, 0.6) is 0 Å². The van der Waals surface area contributed by atoms with Crippen molar-refractivity contribution >= 4 is 11.6 Å². The molecule has 2 atom stereocenters. The monoisotopic (exact) mass is 291 g/mol. The Kier molecular flexibility index (Phi) is 5.37. The van der Waals surface area contributed by atoms with E-state index < -0.39 is 0 Å². The van der Waals surface area contributed by atoms with E-state index in [0.29, 0.717) is 12.5 Å². The number of nitrogens with one attached hydrogen (secondary N) is 2. The molecular formula is C17H27N2O2+. The average Bonchev–Trinajstić information content (AvgIpc) is 2.37. The van der Waals surface area contributed by atoms with Gasteiger partial charge in [0, 0.05) is 5.69 Å². The van der Waals surface area contributed by atoms with Crippen LogP contribution in [0.1, 0.15) is 39.2 Å². The number of hydrogen-bond acceptors (Lipinski definition) is 2. The van der Waals surface area contributed by atoms with Gasteiger partial charge >= 0.3 is 0 Å². The Hall–Kier alpha value is -1.39. The van der Waals surface area contributed by atoms with Crippen LogP contribution in [0.4, 0.5) is 5.69 Å². The third-order valence-corrected chi connectivity index (χ3v) is 3.89. The zero-order valence-electron chi connectivity index (χ0n) is 13.5. The first-order chi connectivity index (χ1) is 9.94. The molecule has 0 unspecified atom stereocenters. The van der Waals surface area contributed by atoms with Crippen molar-refractivity contribution in [3.05, 3.63) is 29.8 Å². The smallest absolute Gasteiger partial charge is 0.279 e. The molecule has 1 saturated heterocycles. The van der Waals surface area contributed by atoms with Crippen LogP contribution in [-0.4, -0.2) is 37.7 Å². The third-order valence-electron chi connectivity index (χ3n) is 3.89. The molecule has 4 nitrogen and oxygen atoms in total. The highest BCUT2D eigenvalue weighted by Crippen LogP contribution is 2.16. The molecule has 0 bridgehead atoms. The lowest BCUT2D eigenvalue weighted by atomic mass is 10.0. The van der Waals surface area contributed by atoms with E-state index in [1.165, 1.54) is 10.5 Å². The minimum Gasteiger partial charge on any atom is -0.364 e. The maximum absolute atomic E-state index is 12.1. The minimum atomic E-state index is 0.0728. The SMILES string of the molecule is CC(C)c1ccc(NC(=O)C[NH+]2C[C@H](C)O[C@@H](C)C2)cc1. The van der Waals surface area contributed by atoms with Crippen molar-refractivity contribution in [1.29, 1.82) is 0 Å². The summed E-state index contributed by atoms with van der Waals surface area (Å²) in [5.41, 5.74) is 2.16. The average molecular weight is 291 g/mol. The molecular weight excluding hydrogens is 264 g/mol. The summed E-state index contributed by atoms with van der Waals surface area (Å²) < 4.78 is 5.70. The molecule has 0 spiro atoms. The molecule has 1 aromatic rings. The normalized spacial score (nSPS) is 25.9. The first-order valence-corrected chi connectivity index (χ1v) is 7.83. The van der Waals surface area contributed by atoms with Crippen molar-refractivity contribution < 1.29 is 14.4 Å². The predicted molar refractivity (Wildman–Crippen MR) is 84.7 cm³/mol. The fourth-order valence-electron chi connectivity index (χ4n) is 2.92. The zero-order valence-corrected chi connectivity index (χ0v) is 13.5. The van der Waals surface area contributed by atoms with Crippen LogP contribution in [0.3, 0.4) is 0 Å². The Morgan fingerprint density at radius 1 is 1.24 bits per heavy atom. The van der Waals surface area contributed by atoms with E-state index in [9.17, 15) is 4.79 Å². The van der Waals surface area contributed by atoms with Crippen LogP contribution < -0.4 is 10.2 Å². The van der Waals surface area contributed by atoms with Crippen molar-refractivity contribution in [2.45, 2.75) is 45.8 Å². The number of morpholine rings is 1. The van der Waals surface area contributed by atoms with Crippen molar-refractivity contribution in [2.75, 3.05) is 25.0 Å². The lowest BCUT2D eigenvalue weighted by Gasteiger charge is -2.31. The second kappa shape index (κ2) is 7.05. The molecule has 0 aliphatic carbocycles. The summed E-state index contributed by atoms with van der Waals surface area (Å²) in [6, 6.07) is 8.11. The van der Waals surface area contributed by atoms with E-state index in [2.05, 4.69) is 45.1 Å². The minimum absolute atomic E-state index is 0.0728. The Labute approximate surface area is 127 Å². The topological polar surface area (TPSA) is 42.8 Å². The number of quaternary nitrogens is 1. The summed E-state index contributed by atoms with van der Waals surface area (Å²) in [5.74, 6) is 0.583. The van der Waals surface area contributed by atoms with Crippen molar-refractivity contribution in [3.63, 3.8) is 0 Å². The van der Waals surface area contributed by atoms with Crippen LogP contribution in [0.15, 0.2) is 24.3 Å². The summed E-state index contributed by atoms with van der Waals surface area (Å²) in [7, 11) is 0. The number of carbonyl (C=O) groups is 1. The summed E-state index contributed by atoms with van der Waals surface area (Å²) in [4.78, 5) is 13.4. The van der Waals surface area contributed by atoms with Crippen LogP contribution in [-0.2, 0) is 9.53 Å². The van der Waals surface area contributed by atoms with Gasteiger partial charge < -0.3 is 15.0 Å². The highest BCUT2D eigenvalue weighted by Gasteiger charge is 2.27. The van der Waals surface area contributed by atoms with Gasteiger partial charge in [0.05, 0.1) is 0 Å². The van der Waals surface area contributed by atoms with Crippen LogP contribution in [0, 0.1) is 0 Å². The van der Waals surface area contributed by atoms with Gasteiger partial charge in [-0.2, -0.15) is 0 Å². The molecule has 1 heterocycles.